The number of amides is 2. The summed E-state index contributed by atoms with van der Waals surface area (Å²) in [6.45, 7) is 6.15. The number of hydrogen-bond acceptors (Lipinski definition) is 5. The van der Waals surface area contributed by atoms with Crippen molar-refractivity contribution in [3.8, 4) is 5.82 Å². The summed E-state index contributed by atoms with van der Waals surface area (Å²) in [6.07, 6.45) is 3.10. The topological polar surface area (TPSA) is 102 Å². The summed E-state index contributed by atoms with van der Waals surface area (Å²) in [6, 6.07) is 17.2. The molecule has 0 aliphatic rings. The first kappa shape index (κ1) is 21.0. The number of carbonyl (C=O) groups excluding carboxylic acids is 2. The van der Waals surface area contributed by atoms with Gasteiger partial charge in [0, 0.05) is 28.9 Å². The van der Waals surface area contributed by atoms with Gasteiger partial charge in [-0.15, -0.1) is 0 Å². The molecule has 1 aromatic carbocycles. The maximum absolute atomic E-state index is 13.0. The van der Waals surface area contributed by atoms with E-state index >= 15 is 0 Å². The number of rotatable bonds is 5. The van der Waals surface area contributed by atoms with E-state index in [1.807, 2.05) is 24.3 Å². The van der Waals surface area contributed by atoms with Crippen LogP contribution in [0.3, 0.4) is 0 Å². The molecule has 4 aromatic rings. The molecule has 0 unspecified atom stereocenters. The summed E-state index contributed by atoms with van der Waals surface area (Å²) in [7, 11) is 0. The zero-order valence-corrected chi connectivity index (χ0v) is 18.0. The van der Waals surface area contributed by atoms with Crippen molar-refractivity contribution in [3.63, 3.8) is 0 Å². The number of nitrogens with zero attached hydrogens (tertiary/aromatic N) is 3. The Balaban J connectivity index is 1.59. The Morgan fingerprint density at radius 3 is 2.47 bits per heavy atom. The number of nitrogens with one attached hydrogen (secondary N) is 2. The van der Waals surface area contributed by atoms with Gasteiger partial charge in [-0.3, -0.25) is 9.59 Å². The van der Waals surface area contributed by atoms with E-state index in [9.17, 15) is 9.59 Å². The fraction of sp³-hybridized carbons (Fsp3) is 0.167. The second-order valence-corrected chi connectivity index (χ2v) is 8.23. The summed E-state index contributed by atoms with van der Waals surface area (Å²) in [5.41, 5.74) is 1.47. The monoisotopic (exact) mass is 429 g/mol. The van der Waals surface area contributed by atoms with Crippen molar-refractivity contribution in [1.29, 1.82) is 0 Å². The molecule has 2 amide bonds. The molecular weight excluding hydrogens is 406 g/mol. The van der Waals surface area contributed by atoms with Crippen molar-refractivity contribution in [2.24, 2.45) is 0 Å². The Bertz CT molecular complexity index is 1240. The smallest absolute Gasteiger partial charge is 0.291 e. The van der Waals surface area contributed by atoms with Crippen LogP contribution in [0.1, 0.15) is 47.4 Å². The quantitative estimate of drug-likeness (QED) is 0.480. The van der Waals surface area contributed by atoms with Gasteiger partial charge in [0.1, 0.15) is 5.82 Å². The minimum absolute atomic E-state index is 0.189. The Hall–Kier alpha value is -4.20. The van der Waals surface area contributed by atoms with Gasteiger partial charge < -0.3 is 15.1 Å². The van der Waals surface area contributed by atoms with E-state index in [2.05, 4.69) is 41.5 Å². The Kier molecular flexibility index (Phi) is 5.59. The minimum Gasteiger partial charge on any atom is -0.459 e. The number of anilines is 2. The largest absolute Gasteiger partial charge is 0.459 e. The van der Waals surface area contributed by atoms with Gasteiger partial charge in [-0.2, -0.15) is 9.78 Å². The fourth-order valence-corrected chi connectivity index (χ4v) is 3.02. The van der Waals surface area contributed by atoms with Gasteiger partial charge in [0.25, 0.3) is 11.8 Å². The van der Waals surface area contributed by atoms with Gasteiger partial charge in [-0.05, 0) is 42.5 Å². The van der Waals surface area contributed by atoms with E-state index in [4.69, 9.17) is 4.42 Å². The summed E-state index contributed by atoms with van der Waals surface area (Å²) in [5.74, 6) is 0.558. The highest BCUT2D eigenvalue weighted by molar-refractivity contribution is 6.06. The zero-order valence-electron chi connectivity index (χ0n) is 18.0. The summed E-state index contributed by atoms with van der Waals surface area (Å²) < 4.78 is 6.71. The van der Waals surface area contributed by atoms with E-state index in [0.717, 1.165) is 5.69 Å². The first-order valence-corrected chi connectivity index (χ1v) is 10.1. The molecule has 8 nitrogen and oxygen atoms in total. The molecule has 0 spiro atoms. The van der Waals surface area contributed by atoms with E-state index in [1.54, 1.807) is 47.3 Å². The number of carbonyl (C=O) groups is 2. The standard InChI is InChI=1S/C24H23N5O3/c1-24(2,3)19-15-21(29(28-19)20-11-4-5-12-25-20)27-22(30)16-8-6-9-17(14-16)26-23(31)18-10-7-13-32-18/h4-15H,1-3H3,(H,26,31)(H,27,30). The van der Waals surface area contributed by atoms with Crippen LogP contribution in [-0.4, -0.2) is 26.6 Å². The average molecular weight is 429 g/mol. The number of aromatic nitrogens is 3. The maximum atomic E-state index is 13.0. The lowest BCUT2D eigenvalue weighted by molar-refractivity contribution is 0.0993. The van der Waals surface area contributed by atoms with Crippen LogP contribution >= 0.6 is 0 Å². The van der Waals surface area contributed by atoms with Crippen molar-refractivity contribution in [1.82, 2.24) is 14.8 Å². The number of benzene rings is 1. The molecule has 0 bridgehead atoms. The van der Waals surface area contributed by atoms with E-state index in [-0.39, 0.29) is 17.1 Å². The zero-order chi connectivity index (χ0) is 22.7. The van der Waals surface area contributed by atoms with Crippen molar-refractivity contribution < 1.29 is 14.0 Å². The maximum Gasteiger partial charge on any atom is 0.291 e. The first-order valence-electron chi connectivity index (χ1n) is 10.1. The van der Waals surface area contributed by atoms with E-state index in [0.29, 0.717) is 22.9 Å². The molecule has 162 valence electrons. The number of furan rings is 1. The molecule has 4 rings (SSSR count). The third-order valence-corrected chi connectivity index (χ3v) is 4.71. The Labute approximate surface area is 185 Å². The lowest BCUT2D eigenvalue weighted by atomic mass is 9.92. The first-order chi connectivity index (χ1) is 15.3. The molecule has 0 aliphatic heterocycles. The third-order valence-electron chi connectivity index (χ3n) is 4.71. The van der Waals surface area contributed by atoms with Gasteiger partial charge in [0.05, 0.1) is 12.0 Å². The molecule has 3 aromatic heterocycles. The van der Waals surface area contributed by atoms with Crippen LogP contribution in [-0.2, 0) is 5.41 Å². The summed E-state index contributed by atoms with van der Waals surface area (Å²) in [5, 5.41) is 10.3. The van der Waals surface area contributed by atoms with Crippen LogP contribution in [0.4, 0.5) is 11.5 Å². The van der Waals surface area contributed by atoms with Gasteiger partial charge in [0.2, 0.25) is 0 Å². The lowest BCUT2D eigenvalue weighted by Gasteiger charge is -2.13. The highest BCUT2D eigenvalue weighted by Crippen LogP contribution is 2.26. The normalized spacial score (nSPS) is 11.2. The van der Waals surface area contributed by atoms with Crippen molar-refractivity contribution in [2.75, 3.05) is 10.6 Å². The van der Waals surface area contributed by atoms with Crippen molar-refractivity contribution in [3.05, 3.63) is 90.1 Å². The fourth-order valence-electron chi connectivity index (χ4n) is 3.02. The van der Waals surface area contributed by atoms with E-state index < -0.39 is 5.91 Å². The highest BCUT2D eigenvalue weighted by atomic mass is 16.3. The molecule has 0 fully saturated rings. The molecule has 0 radical (unpaired) electrons. The van der Waals surface area contributed by atoms with Crippen LogP contribution in [0, 0.1) is 0 Å². The predicted octanol–water partition coefficient (Wildman–Crippen LogP) is 4.66. The SMILES string of the molecule is CC(C)(C)c1cc(NC(=O)c2cccc(NC(=O)c3ccco3)c2)n(-c2ccccn2)n1. The molecule has 3 heterocycles. The molecule has 0 saturated carbocycles. The third kappa shape index (κ3) is 4.59. The van der Waals surface area contributed by atoms with E-state index in [1.165, 1.54) is 6.26 Å². The number of hydrogen-bond donors (Lipinski definition) is 2. The molecule has 2 N–H and O–H groups in total. The number of pyridine rings is 1. The minimum atomic E-state index is -0.393. The molecule has 0 saturated heterocycles. The highest BCUT2D eigenvalue weighted by Gasteiger charge is 2.22. The van der Waals surface area contributed by atoms with Crippen molar-refractivity contribution in [2.45, 2.75) is 26.2 Å². The van der Waals surface area contributed by atoms with Crippen LogP contribution < -0.4 is 10.6 Å². The van der Waals surface area contributed by atoms with Crippen LogP contribution in [0.25, 0.3) is 5.82 Å². The Morgan fingerprint density at radius 2 is 1.78 bits per heavy atom. The average Bonchev–Trinajstić information content (AvgIpc) is 3.45. The van der Waals surface area contributed by atoms with Crippen LogP contribution in [0.15, 0.2) is 77.5 Å². The molecule has 0 aliphatic carbocycles. The predicted molar refractivity (Wildman–Crippen MR) is 121 cm³/mol. The summed E-state index contributed by atoms with van der Waals surface area (Å²) >= 11 is 0. The molecule has 32 heavy (non-hydrogen) atoms. The van der Waals surface area contributed by atoms with Crippen LogP contribution in [0.5, 0.6) is 0 Å². The van der Waals surface area contributed by atoms with Crippen molar-refractivity contribution >= 4 is 23.3 Å². The second-order valence-electron chi connectivity index (χ2n) is 8.23. The summed E-state index contributed by atoms with van der Waals surface area (Å²) in [4.78, 5) is 29.6. The van der Waals surface area contributed by atoms with Gasteiger partial charge in [-0.1, -0.05) is 32.9 Å². The molecule has 8 heteroatoms. The van der Waals surface area contributed by atoms with Gasteiger partial charge >= 0.3 is 0 Å². The molecule has 0 atom stereocenters. The Morgan fingerprint density at radius 1 is 0.938 bits per heavy atom. The second kappa shape index (κ2) is 8.50. The molecular formula is C24H23N5O3. The van der Waals surface area contributed by atoms with Gasteiger partial charge in [-0.25, -0.2) is 4.98 Å². The lowest BCUT2D eigenvalue weighted by Crippen LogP contribution is -2.16. The van der Waals surface area contributed by atoms with Crippen LogP contribution in [0.2, 0.25) is 0 Å². The van der Waals surface area contributed by atoms with Gasteiger partial charge in [0.15, 0.2) is 11.6 Å².